The Kier molecular flexibility index (Phi) is 4.90. The van der Waals surface area contributed by atoms with Crippen LogP contribution in [0.25, 0.3) is 0 Å². The Balaban J connectivity index is 1.90. The molecule has 2 aromatic carbocycles. The van der Waals surface area contributed by atoms with Crippen molar-refractivity contribution in [1.29, 1.82) is 0 Å². The normalized spacial score (nSPS) is 11.7. The van der Waals surface area contributed by atoms with E-state index in [1.807, 2.05) is 0 Å². The first-order valence-electron chi connectivity index (χ1n) is 7.10. The van der Waals surface area contributed by atoms with E-state index >= 15 is 0 Å². The van der Waals surface area contributed by atoms with Crippen LogP contribution >= 0.6 is 0 Å². The minimum Gasteiger partial charge on any atom is -0.309 e. The number of hydrogen-bond acceptors (Lipinski definition) is 1. The summed E-state index contributed by atoms with van der Waals surface area (Å²) in [5.41, 5.74) is 1.94. The molecule has 0 bridgehead atoms. The van der Waals surface area contributed by atoms with Crippen molar-refractivity contribution in [3.63, 3.8) is 0 Å². The minimum absolute atomic E-state index is 0.521. The molecule has 0 atom stereocenters. The van der Waals surface area contributed by atoms with Crippen molar-refractivity contribution in [3.8, 4) is 0 Å². The average molecular weight is 305 g/mol. The average Bonchev–Trinajstić information content (AvgIpc) is 2.42. The Morgan fingerprint density at radius 3 is 1.95 bits per heavy atom. The predicted octanol–water partition coefficient (Wildman–Crippen LogP) is 3.80. The van der Waals surface area contributed by atoms with Gasteiger partial charge in [0.2, 0.25) is 0 Å². The van der Waals surface area contributed by atoms with E-state index in [1.54, 1.807) is 6.07 Å². The number of benzene rings is 2. The Labute approximate surface area is 126 Å². The van der Waals surface area contributed by atoms with Crippen molar-refractivity contribution in [2.75, 3.05) is 0 Å². The summed E-state index contributed by atoms with van der Waals surface area (Å²) in [5, 5.41) is 4.68. The van der Waals surface area contributed by atoms with E-state index < -0.39 is 19.7 Å². The first-order valence-corrected chi connectivity index (χ1v) is 10.6. The molecule has 0 fully saturated rings. The van der Waals surface area contributed by atoms with Gasteiger partial charge in [0.15, 0.2) is 11.6 Å². The minimum atomic E-state index is -1.25. The summed E-state index contributed by atoms with van der Waals surface area (Å²) in [4.78, 5) is 0. The summed E-state index contributed by atoms with van der Waals surface area (Å²) in [6.07, 6.45) is 0. The molecular formula is C17H21F2NSi. The third kappa shape index (κ3) is 4.48. The summed E-state index contributed by atoms with van der Waals surface area (Å²) >= 11 is 0. The second-order valence-corrected chi connectivity index (χ2v) is 11.4. The van der Waals surface area contributed by atoms with Crippen molar-refractivity contribution in [1.82, 2.24) is 5.32 Å². The third-order valence-corrected chi connectivity index (χ3v) is 5.53. The van der Waals surface area contributed by atoms with Gasteiger partial charge in [0.1, 0.15) is 0 Å². The van der Waals surface area contributed by atoms with Crippen LogP contribution in [-0.4, -0.2) is 8.07 Å². The number of halogens is 2. The van der Waals surface area contributed by atoms with Gasteiger partial charge in [-0.1, -0.05) is 55.2 Å². The molecule has 1 nitrogen and oxygen atoms in total. The van der Waals surface area contributed by atoms with Crippen LogP contribution in [0.2, 0.25) is 19.6 Å². The van der Waals surface area contributed by atoms with E-state index in [9.17, 15) is 8.78 Å². The molecular weight excluding hydrogens is 284 g/mol. The molecule has 1 N–H and O–H groups in total. The van der Waals surface area contributed by atoms with E-state index in [0.717, 1.165) is 11.6 Å². The van der Waals surface area contributed by atoms with Crippen LogP contribution in [0, 0.1) is 11.6 Å². The second-order valence-electron chi connectivity index (χ2n) is 6.30. The first kappa shape index (κ1) is 15.9. The van der Waals surface area contributed by atoms with Gasteiger partial charge in [0, 0.05) is 13.1 Å². The van der Waals surface area contributed by atoms with Crippen molar-refractivity contribution < 1.29 is 8.78 Å². The summed E-state index contributed by atoms with van der Waals surface area (Å²) < 4.78 is 25.9. The van der Waals surface area contributed by atoms with Crippen LogP contribution in [0.5, 0.6) is 0 Å². The van der Waals surface area contributed by atoms with E-state index in [0.29, 0.717) is 13.1 Å². The van der Waals surface area contributed by atoms with E-state index in [1.165, 1.54) is 16.8 Å². The second kappa shape index (κ2) is 6.50. The number of hydrogen-bond donors (Lipinski definition) is 1. The fourth-order valence-electron chi connectivity index (χ4n) is 2.12. The summed E-state index contributed by atoms with van der Waals surface area (Å²) in [5.74, 6) is -1.60. The number of nitrogens with one attached hydrogen (secondary N) is 1. The van der Waals surface area contributed by atoms with Gasteiger partial charge in [-0.15, -0.1) is 0 Å². The Morgan fingerprint density at radius 1 is 0.810 bits per heavy atom. The lowest BCUT2D eigenvalue weighted by Gasteiger charge is -2.16. The zero-order chi connectivity index (χ0) is 15.5. The highest BCUT2D eigenvalue weighted by Gasteiger charge is 2.15. The van der Waals surface area contributed by atoms with Crippen LogP contribution in [0.4, 0.5) is 8.78 Å². The predicted molar refractivity (Wildman–Crippen MR) is 86.3 cm³/mol. The Hall–Kier alpha value is -1.52. The van der Waals surface area contributed by atoms with E-state index in [-0.39, 0.29) is 0 Å². The molecule has 0 spiro atoms. The highest BCUT2D eigenvalue weighted by Crippen LogP contribution is 2.09. The smallest absolute Gasteiger partial charge is 0.159 e. The maximum atomic E-state index is 13.1. The molecule has 112 valence electrons. The lowest BCUT2D eigenvalue weighted by atomic mass is 10.2. The molecule has 0 unspecified atom stereocenters. The summed E-state index contributed by atoms with van der Waals surface area (Å²) in [7, 11) is -1.25. The van der Waals surface area contributed by atoms with Gasteiger partial charge in [0.25, 0.3) is 0 Å². The molecule has 2 rings (SSSR count). The zero-order valence-corrected chi connectivity index (χ0v) is 13.7. The van der Waals surface area contributed by atoms with Gasteiger partial charge < -0.3 is 5.32 Å². The maximum absolute atomic E-state index is 13.1. The van der Waals surface area contributed by atoms with Crippen LogP contribution in [0.3, 0.4) is 0 Å². The Morgan fingerprint density at radius 2 is 1.38 bits per heavy atom. The first-order chi connectivity index (χ1) is 9.86. The van der Waals surface area contributed by atoms with Crippen LogP contribution in [0.1, 0.15) is 11.1 Å². The van der Waals surface area contributed by atoms with Gasteiger partial charge in [-0.2, -0.15) is 0 Å². The molecule has 0 saturated carbocycles. The van der Waals surface area contributed by atoms with Crippen molar-refractivity contribution in [3.05, 3.63) is 65.2 Å². The SMILES string of the molecule is C[Si](C)(C)c1ccc(CNCc2ccc(F)c(F)c2)cc1. The lowest BCUT2D eigenvalue weighted by Crippen LogP contribution is -2.37. The van der Waals surface area contributed by atoms with Crippen LogP contribution < -0.4 is 10.5 Å². The van der Waals surface area contributed by atoms with E-state index in [4.69, 9.17) is 0 Å². The van der Waals surface area contributed by atoms with Crippen LogP contribution in [0.15, 0.2) is 42.5 Å². The maximum Gasteiger partial charge on any atom is 0.159 e. The monoisotopic (exact) mass is 305 g/mol. The molecule has 0 aliphatic heterocycles. The standard InChI is InChI=1S/C17H21F2NSi/c1-21(2,3)15-7-4-13(5-8-15)11-20-12-14-6-9-16(18)17(19)10-14/h4-10,20H,11-12H2,1-3H3. The van der Waals surface area contributed by atoms with Gasteiger partial charge in [0.05, 0.1) is 8.07 Å². The molecule has 0 aromatic heterocycles. The van der Waals surface area contributed by atoms with E-state index in [2.05, 4.69) is 49.2 Å². The topological polar surface area (TPSA) is 12.0 Å². The van der Waals surface area contributed by atoms with Gasteiger partial charge in [-0.05, 0) is 23.3 Å². The zero-order valence-electron chi connectivity index (χ0n) is 12.7. The molecule has 0 aliphatic carbocycles. The molecule has 0 heterocycles. The van der Waals surface area contributed by atoms with Gasteiger partial charge in [-0.25, -0.2) is 8.78 Å². The quantitative estimate of drug-likeness (QED) is 0.829. The Bertz CT molecular complexity index is 603. The fraction of sp³-hybridized carbons (Fsp3) is 0.294. The van der Waals surface area contributed by atoms with Crippen molar-refractivity contribution in [2.24, 2.45) is 0 Å². The lowest BCUT2D eigenvalue weighted by molar-refractivity contribution is 0.506. The van der Waals surface area contributed by atoms with Gasteiger partial charge in [-0.3, -0.25) is 0 Å². The largest absolute Gasteiger partial charge is 0.309 e. The van der Waals surface area contributed by atoms with Crippen molar-refractivity contribution >= 4 is 13.3 Å². The number of rotatable bonds is 5. The molecule has 21 heavy (non-hydrogen) atoms. The molecule has 0 radical (unpaired) electrons. The van der Waals surface area contributed by atoms with Crippen LogP contribution in [-0.2, 0) is 13.1 Å². The summed E-state index contributed by atoms with van der Waals surface area (Å²) in [6, 6.07) is 12.6. The summed E-state index contributed by atoms with van der Waals surface area (Å²) in [6.45, 7) is 8.20. The third-order valence-electron chi connectivity index (χ3n) is 3.46. The molecule has 0 amide bonds. The highest BCUT2D eigenvalue weighted by molar-refractivity contribution is 6.88. The van der Waals surface area contributed by atoms with Gasteiger partial charge >= 0.3 is 0 Å². The molecule has 4 heteroatoms. The molecule has 0 saturated heterocycles. The van der Waals surface area contributed by atoms with Crippen molar-refractivity contribution in [2.45, 2.75) is 32.7 Å². The molecule has 2 aromatic rings. The molecule has 0 aliphatic rings. The fourth-order valence-corrected chi connectivity index (χ4v) is 3.29. The highest BCUT2D eigenvalue weighted by atomic mass is 28.3.